The van der Waals surface area contributed by atoms with Crippen molar-refractivity contribution in [1.82, 2.24) is 10.1 Å². The number of likely N-dealkylation sites (N-methyl/N-ethyl adjacent to an activating group) is 1. The fourth-order valence-corrected chi connectivity index (χ4v) is 4.89. The van der Waals surface area contributed by atoms with Gasteiger partial charge in [0.25, 0.3) is 5.89 Å². The van der Waals surface area contributed by atoms with E-state index in [0.29, 0.717) is 36.0 Å². The number of aliphatic hydroxyl groups is 1. The summed E-state index contributed by atoms with van der Waals surface area (Å²) in [7, 11) is 4.22. The zero-order valence-corrected chi connectivity index (χ0v) is 20.9. The molecule has 2 aromatic carbocycles. The number of hydrogen-bond donors (Lipinski definition) is 1. The molecule has 1 saturated carbocycles. The number of quaternary nitrogens is 1. The molecule has 4 rings (SSSR count). The van der Waals surface area contributed by atoms with Crippen molar-refractivity contribution in [3.8, 4) is 0 Å². The van der Waals surface area contributed by atoms with Gasteiger partial charge in [-0.05, 0) is 42.0 Å². The van der Waals surface area contributed by atoms with Crippen molar-refractivity contribution in [2.45, 2.75) is 50.9 Å². The molecule has 0 aliphatic heterocycles. The molecule has 0 radical (unpaired) electrons. The Morgan fingerprint density at radius 2 is 1.76 bits per heavy atom. The van der Waals surface area contributed by atoms with Gasteiger partial charge in [-0.1, -0.05) is 78.5 Å². The number of ether oxygens (including phenoxy) is 1. The SMILES string of the molecule is C[N+](C)(CCOCc1ccc(Cl)cc1)Cc1nc(C(O)(c2ccccc2)C2CCCCC2)no1. The third kappa shape index (κ3) is 6.05. The molecular formula is C27H35ClN3O3+. The van der Waals surface area contributed by atoms with Crippen LogP contribution in [0.2, 0.25) is 5.02 Å². The van der Waals surface area contributed by atoms with Crippen LogP contribution in [0.1, 0.15) is 54.9 Å². The lowest BCUT2D eigenvalue weighted by atomic mass is 9.73. The maximum Gasteiger partial charge on any atom is 0.281 e. The molecule has 6 nitrogen and oxygen atoms in total. The lowest BCUT2D eigenvalue weighted by Gasteiger charge is -2.36. The molecule has 1 fully saturated rings. The van der Waals surface area contributed by atoms with Crippen molar-refractivity contribution >= 4 is 11.6 Å². The number of benzene rings is 2. The second-order valence-corrected chi connectivity index (χ2v) is 10.4. The Hall–Kier alpha value is -2.25. The number of nitrogens with zero attached hydrogens (tertiary/aromatic N) is 3. The predicted molar refractivity (Wildman–Crippen MR) is 132 cm³/mol. The van der Waals surface area contributed by atoms with Crippen molar-refractivity contribution in [3.05, 3.63) is 82.5 Å². The maximum atomic E-state index is 12.0. The Kier molecular flexibility index (Phi) is 8.04. The lowest BCUT2D eigenvalue weighted by Crippen LogP contribution is -2.42. The monoisotopic (exact) mass is 484 g/mol. The highest BCUT2D eigenvalue weighted by Gasteiger charge is 2.44. The molecule has 7 heteroatoms. The van der Waals surface area contributed by atoms with Gasteiger partial charge in [0.1, 0.15) is 6.54 Å². The summed E-state index contributed by atoms with van der Waals surface area (Å²) in [5.41, 5.74) is 0.695. The molecule has 1 aliphatic rings. The molecule has 1 unspecified atom stereocenters. The van der Waals surface area contributed by atoms with Gasteiger partial charge in [0.2, 0.25) is 5.82 Å². The van der Waals surface area contributed by atoms with Gasteiger partial charge in [-0.25, -0.2) is 0 Å². The van der Waals surface area contributed by atoms with Crippen LogP contribution in [0.5, 0.6) is 0 Å². The zero-order chi connectivity index (χ0) is 24.0. The molecule has 1 aromatic heterocycles. The van der Waals surface area contributed by atoms with Crippen molar-refractivity contribution in [1.29, 1.82) is 0 Å². The second kappa shape index (κ2) is 11.0. The summed E-state index contributed by atoms with van der Waals surface area (Å²) in [6.45, 7) is 2.50. The van der Waals surface area contributed by atoms with Crippen LogP contribution in [-0.4, -0.2) is 47.0 Å². The Bertz CT molecular complexity index is 1030. The smallest absolute Gasteiger partial charge is 0.281 e. The summed E-state index contributed by atoms with van der Waals surface area (Å²) in [6, 6.07) is 17.5. The summed E-state index contributed by atoms with van der Waals surface area (Å²) >= 11 is 5.94. The van der Waals surface area contributed by atoms with Crippen LogP contribution in [0.15, 0.2) is 59.1 Å². The predicted octanol–water partition coefficient (Wildman–Crippen LogP) is 5.33. The van der Waals surface area contributed by atoms with Crippen LogP contribution >= 0.6 is 11.6 Å². The van der Waals surface area contributed by atoms with E-state index in [0.717, 1.165) is 48.4 Å². The van der Waals surface area contributed by atoms with Crippen LogP contribution < -0.4 is 0 Å². The number of halogens is 1. The molecule has 1 N–H and O–H groups in total. The highest BCUT2D eigenvalue weighted by molar-refractivity contribution is 6.30. The van der Waals surface area contributed by atoms with E-state index in [1.54, 1.807) is 0 Å². The molecule has 182 valence electrons. The van der Waals surface area contributed by atoms with E-state index in [4.69, 9.17) is 25.8 Å². The fourth-order valence-electron chi connectivity index (χ4n) is 4.76. The molecule has 34 heavy (non-hydrogen) atoms. The topological polar surface area (TPSA) is 68.4 Å². The average molecular weight is 485 g/mol. The molecule has 3 aromatic rings. The normalized spacial score (nSPS) is 16.9. The minimum Gasteiger partial charge on any atom is -0.377 e. The van der Waals surface area contributed by atoms with Gasteiger partial charge in [0, 0.05) is 5.02 Å². The second-order valence-electron chi connectivity index (χ2n) is 9.98. The Morgan fingerprint density at radius 3 is 2.47 bits per heavy atom. The summed E-state index contributed by atoms with van der Waals surface area (Å²) in [6.07, 6.45) is 5.36. The molecule has 1 heterocycles. The summed E-state index contributed by atoms with van der Waals surface area (Å²) in [5, 5.41) is 17.0. The molecule has 0 saturated heterocycles. The molecular weight excluding hydrogens is 450 g/mol. The summed E-state index contributed by atoms with van der Waals surface area (Å²) < 4.78 is 12.2. The van der Waals surface area contributed by atoms with Gasteiger partial charge >= 0.3 is 0 Å². The van der Waals surface area contributed by atoms with E-state index in [2.05, 4.69) is 19.3 Å². The molecule has 1 atom stereocenters. The quantitative estimate of drug-likeness (QED) is 0.311. The minimum atomic E-state index is -1.23. The lowest BCUT2D eigenvalue weighted by molar-refractivity contribution is -0.905. The third-order valence-corrected chi connectivity index (χ3v) is 7.06. The first-order valence-corrected chi connectivity index (χ1v) is 12.5. The van der Waals surface area contributed by atoms with E-state index < -0.39 is 5.60 Å². The van der Waals surface area contributed by atoms with Crippen LogP contribution in [0.25, 0.3) is 0 Å². The Morgan fingerprint density at radius 1 is 1.06 bits per heavy atom. The minimum absolute atomic E-state index is 0.0814. The van der Waals surface area contributed by atoms with Crippen LogP contribution in [-0.2, 0) is 23.5 Å². The Balaban J connectivity index is 1.40. The van der Waals surface area contributed by atoms with Gasteiger partial charge in [0.15, 0.2) is 12.1 Å². The van der Waals surface area contributed by atoms with Crippen LogP contribution in [0.4, 0.5) is 0 Å². The highest BCUT2D eigenvalue weighted by atomic mass is 35.5. The van der Waals surface area contributed by atoms with Gasteiger partial charge in [-0.15, -0.1) is 0 Å². The van der Waals surface area contributed by atoms with Gasteiger partial charge in [-0.3, -0.25) is 0 Å². The number of aromatic nitrogens is 2. The largest absolute Gasteiger partial charge is 0.377 e. The molecule has 0 amide bonds. The average Bonchev–Trinajstić information content (AvgIpc) is 3.32. The van der Waals surface area contributed by atoms with Crippen LogP contribution in [0.3, 0.4) is 0 Å². The van der Waals surface area contributed by atoms with Gasteiger partial charge in [0.05, 0.1) is 27.3 Å². The first-order chi connectivity index (χ1) is 16.4. The molecule has 0 spiro atoms. The van der Waals surface area contributed by atoms with E-state index >= 15 is 0 Å². The van der Waals surface area contributed by atoms with Crippen molar-refractivity contribution in [3.63, 3.8) is 0 Å². The first kappa shape index (κ1) is 24.9. The fraction of sp³-hybridized carbons (Fsp3) is 0.481. The number of hydrogen-bond acceptors (Lipinski definition) is 5. The van der Waals surface area contributed by atoms with Gasteiger partial charge in [-0.2, -0.15) is 4.98 Å². The van der Waals surface area contributed by atoms with Crippen molar-refractivity contribution in [2.75, 3.05) is 27.2 Å². The standard InChI is InChI=1S/C27H35ClN3O3/c1-31(2,17-18-33-20-21-13-15-24(28)16-14-21)19-25-29-26(30-34-25)27(32,22-9-5-3-6-10-22)23-11-7-4-8-12-23/h3,5-6,9-10,13-16,23,32H,4,7-8,11-12,17-20H2,1-2H3/q+1. The van der Waals surface area contributed by atoms with Crippen LogP contribution in [0, 0.1) is 5.92 Å². The van der Waals surface area contributed by atoms with E-state index in [-0.39, 0.29) is 5.92 Å². The molecule has 1 aliphatic carbocycles. The van der Waals surface area contributed by atoms with E-state index in [1.807, 2.05) is 54.6 Å². The van der Waals surface area contributed by atoms with E-state index in [9.17, 15) is 5.11 Å². The Labute approximate surface area is 207 Å². The summed E-state index contributed by atoms with van der Waals surface area (Å²) in [5.74, 6) is 0.986. The van der Waals surface area contributed by atoms with Gasteiger partial charge < -0.3 is 18.8 Å². The van der Waals surface area contributed by atoms with Crippen molar-refractivity contribution < 1.29 is 18.8 Å². The maximum absolute atomic E-state index is 12.0. The van der Waals surface area contributed by atoms with Crippen molar-refractivity contribution in [2.24, 2.45) is 5.92 Å². The third-order valence-electron chi connectivity index (χ3n) is 6.81. The highest BCUT2D eigenvalue weighted by Crippen LogP contribution is 2.42. The van der Waals surface area contributed by atoms with E-state index in [1.165, 1.54) is 6.42 Å². The zero-order valence-electron chi connectivity index (χ0n) is 20.1. The molecule has 0 bridgehead atoms. The summed E-state index contributed by atoms with van der Waals surface area (Å²) in [4.78, 5) is 4.71. The number of rotatable bonds is 10. The first-order valence-electron chi connectivity index (χ1n) is 12.1.